The van der Waals surface area contributed by atoms with Gasteiger partial charge < -0.3 is 5.32 Å². The van der Waals surface area contributed by atoms with Crippen LogP contribution in [0.15, 0.2) is 0 Å². The highest BCUT2D eigenvalue weighted by atomic mass is 32.2. The molecule has 3 heteroatoms. The fraction of sp³-hybridized carbons (Fsp3) is 1.00. The fourth-order valence-corrected chi connectivity index (χ4v) is 3.30. The molecule has 1 aliphatic heterocycles. The summed E-state index contributed by atoms with van der Waals surface area (Å²) in [5.74, 6) is 2.53. The zero-order valence-electron chi connectivity index (χ0n) is 11.4. The number of thioether (sulfide) groups is 1. The molecule has 0 aromatic heterocycles. The SMILES string of the molecule is CCSCCN1CC(C)NCC1(CC)CC. The van der Waals surface area contributed by atoms with Gasteiger partial charge in [-0.25, -0.2) is 0 Å². The molecule has 1 heterocycles. The lowest BCUT2D eigenvalue weighted by Crippen LogP contribution is -2.63. The van der Waals surface area contributed by atoms with Crippen molar-refractivity contribution in [3.63, 3.8) is 0 Å². The molecule has 0 aliphatic carbocycles. The lowest BCUT2D eigenvalue weighted by Gasteiger charge is -2.49. The maximum atomic E-state index is 3.65. The van der Waals surface area contributed by atoms with Gasteiger partial charge in [0.2, 0.25) is 0 Å². The highest BCUT2D eigenvalue weighted by Gasteiger charge is 2.37. The molecule has 1 rings (SSSR count). The van der Waals surface area contributed by atoms with E-state index in [0.717, 1.165) is 6.54 Å². The first kappa shape index (κ1) is 14.3. The summed E-state index contributed by atoms with van der Waals surface area (Å²) in [5, 5.41) is 3.65. The van der Waals surface area contributed by atoms with Crippen LogP contribution in [0.5, 0.6) is 0 Å². The maximum absolute atomic E-state index is 3.65. The van der Waals surface area contributed by atoms with E-state index in [1.165, 1.54) is 37.4 Å². The molecule has 1 atom stereocenters. The molecule has 1 N–H and O–H groups in total. The first-order valence-electron chi connectivity index (χ1n) is 6.74. The first-order chi connectivity index (χ1) is 7.68. The van der Waals surface area contributed by atoms with E-state index in [4.69, 9.17) is 0 Å². The highest BCUT2D eigenvalue weighted by molar-refractivity contribution is 7.99. The van der Waals surface area contributed by atoms with Crippen LogP contribution >= 0.6 is 11.8 Å². The average Bonchev–Trinajstić information content (AvgIpc) is 2.31. The molecule has 0 spiro atoms. The van der Waals surface area contributed by atoms with E-state index in [-0.39, 0.29) is 0 Å². The number of rotatable bonds is 6. The van der Waals surface area contributed by atoms with Gasteiger partial charge in [-0.1, -0.05) is 20.8 Å². The van der Waals surface area contributed by atoms with Crippen molar-refractivity contribution in [3.05, 3.63) is 0 Å². The largest absolute Gasteiger partial charge is 0.311 e. The average molecular weight is 244 g/mol. The van der Waals surface area contributed by atoms with Crippen molar-refractivity contribution >= 4 is 11.8 Å². The van der Waals surface area contributed by atoms with E-state index in [1.54, 1.807) is 0 Å². The molecule has 0 aromatic rings. The van der Waals surface area contributed by atoms with Crippen molar-refractivity contribution in [3.8, 4) is 0 Å². The van der Waals surface area contributed by atoms with E-state index in [9.17, 15) is 0 Å². The van der Waals surface area contributed by atoms with Crippen molar-refractivity contribution in [2.75, 3.05) is 31.1 Å². The molecule has 1 fully saturated rings. The molecule has 0 aromatic carbocycles. The van der Waals surface area contributed by atoms with Gasteiger partial charge in [0.1, 0.15) is 0 Å². The van der Waals surface area contributed by atoms with E-state index >= 15 is 0 Å². The fourth-order valence-electron chi connectivity index (χ4n) is 2.66. The van der Waals surface area contributed by atoms with E-state index in [2.05, 4.69) is 49.7 Å². The monoisotopic (exact) mass is 244 g/mol. The molecule has 2 nitrogen and oxygen atoms in total. The van der Waals surface area contributed by atoms with Gasteiger partial charge in [-0.15, -0.1) is 0 Å². The van der Waals surface area contributed by atoms with Gasteiger partial charge in [-0.2, -0.15) is 11.8 Å². The Balaban J connectivity index is 2.57. The summed E-state index contributed by atoms with van der Waals surface area (Å²) in [4.78, 5) is 2.73. The molecule has 1 saturated heterocycles. The quantitative estimate of drug-likeness (QED) is 0.723. The predicted octanol–water partition coefficient (Wildman–Crippen LogP) is 2.59. The number of piperazine rings is 1. The zero-order chi connectivity index (χ0) is 12.0. The van der Waals surface area contributed by atoms with Crippen molar-refractivity contribution < 1.29 is 0 Å². The van der Waals surface area contributed by atoms with E-state index < -0.39 is 0 Å². The minimum absolute atomic E-state index is 0.417. The van der Waals surface area contributed by atoms with Gasteiger partial charge in [-0.3, -0.25) is 4.90 Å². The molecule has 16 heavy (non-hydrogen) atoms. The summed E-state index contributed by atoms with van der Waals surface area (Å²) in [6.07, 6.45) is 2.53. The van der Waals surface area contributed by atoms with Crippen LogP contribution in [0.4, 0.5) is 0 Å². The van der Waals surface area contributed by atoms with E-state index in [1.807, 2.05) is 0 Å². The smallest absolute Gasteiger partial charge is 0.0329 e. The van der Waals surface area contributed by atoms with E-state index in [0.29, 0.717) is 11.6 Å². The Morgan fingerprint density at radius 3 is 2.56 bits per heavy atom. The third-order valence-corrected chi connectivity index (χ3v) is 4.85. The molecule has 1 unspecified atom stereocenters. The summed E-state index contributed by atoms with van der Waals surface area (Å²) >= 11 is 2.06. The Labute approximate surface area is 106 Å². The third kappa shape index (κ3) is 3.38. The minimum atomic E-state index is 0.417. The molecular weight excluding hydrogens is 216 g/mol. The van der Waals surface area contributed by atoms with Crippen LogP contribution in [0.3, 0.4) is 0 Å². The normalized spacial score (nSPS) is 25.9. The molecule has 0 radical (unpaired) electrons. The second-order valence-electron chi connectivity index (χ2n) is 4.86. The summed E-state index contributed by atoms with van der Waals surface area (Å²) < 4.78 is 0. The summed E-state index contributed by atoms with van der Waals surface area (Å²) in [7, 11) is 0. The standard InChI is InChI=1S/C13H28N2S/c1-5-13(6-2)11-14-12(4)10-15(13)8-9-16-7-3/h12,14H,5-11H2,1-4H3. The maximum Gasteiger partial charge on any atom is 0.0329 e. The molecular formula is C13H28N2S. The third-order valence-electron chi connectivity index (χ3n) is 3.97. The molecule has 1 aliphatic rings. The number of hydrogen-bond acceptors (Lipinski definition) is 3. The van der Waals surface area contributed by atoms with Crippen molar-refractivity contribution in [2.45, 2.75) is 52.1 Å². The van der Waals surface area contributed by atoms with Crippen molar-refractivity contribution in [1.29, 1.82) is 0 Å². The first-order valence-corrected chi connectivity index (χ1v) is 7.90. The molecule has 0 amide bonds. The lowest BCUT2D eigenvalue weighted by molar-refractivity contribution is 0.0410. The number of hydrogen-bond donors (Lipinski definition) is 1. The van der Waals surface area contributed by atoms with Crippen molar-refractivity contribution in [1.82, 2.24) is 10.2 Å². The van der Waals surface area contributed by atoms with Gasteiger partial charge in [0, 0.05) is 37.0 Å². The molecule has 0 bridgehead atoms. The predicted molar refractivity (Wildman–Crippen MR) is 75.3 cm³/mol. The van der Waals surface area contributed by atoms with Gasteiger partial charge in [-0.05, 0) is 25.5 Å². The van der Waals surface area contributed by atoms with Crippen molar-refractivity contribution in [2.24, 2.45) is 0 Å². The van der Waals surface area contributed by atoms with Crippen LogP contribution in [-0.4, -0.2) is 47.6 Å². The summed E-state index contributed by atoms with van der Waals surface area (Å²) in [5.41, 5.74) is 0.417. The number of nitrogens with zero attached hydrogens (tertiary/aromatic N) is 1. The summed E-state index contributed by atoms with van der Waals surface area (Å²) in [6.45, 7) is 12.9. The number of nitrogens with one attached hydrogen (secondary N) is 1. The Kier molecular flexibility index (Phi) is 6.16. The van der Waals surface area contributed by atoms with Crippen LogP contribution in [0.25, 0.3) is 0 Å². The van der Waals surface area contributed by atoms with Crippen LogP contribution in [0, 0.1) is 0 Å². The second-order valence-corrected chi connectivity index (χ2v) is 6.25. The van der Waals surface area contributed by atoms with Crippen LogP contribution in [0.1, 0.15) is 40.5 Å². The van der Waals surface area contributed by atoms with Crippen LogP contribution in [-0.2, 0) is 0 Å². The van der Waals surface area contributed by atoms with Crippen LogP contribution in [0.2, 0.25) is 0 Å². The molecule has 96 valence electrons. The van der Waals surface area contributed by atoms with Crippen LogP contribution < -0.4 is 5.32 Å². The second kappa shape index (κ2) is 6.87. The van der Waals surface area contributed by atoms with Gasteiger partial charge in [0.05, 0.1) is 0 Å². The Morgan fingerprint density at radius 2 is 2.00 bits per heavy atom. The summed E-state index contributed by atoms with van der Waals surface area (Å²) in [6, 6.07) is 0.651. The van der Waals surface area contributed by atoms with Gasteiger partial charge in [0.15, 0.2) is 0 Å². The molecule has 0 saturated carbocycles. The topological polar surface area (TPSA) is 15.3 Å². The Morgan fingerprint density at radius 1 is 1.31 bits per heavy atom. The zero-order valence-corrected chi connectivity index (χ0v) is 12.2. The lowest BCUT2D eigenvalue weighted by atomic mass is 9.87. The highest BCUT2D eigenvalue weighted by Crippen LogP contribution is 2.27. The Bertz CT molecular complexity index is 192. The van der Waals surface area contributed by atoms with Gasteiger partial charge >= 0.3 is 0 Å². The minimum Gasteiger partial charge on any atom is -0.311 e. The van der Waals surface area contributed by atoms with Gasteiger partial charge in [0.25, 0.3) is 0 Å². The Hall–Kier alpha value is 0.270.